The van der Waals surface area contributed by atoms with Gasteiger partial charge in [-0.1, -0.05) is 23.2 Å². The first-order chi connectivity index (χ1) is 19.3. The number of aryl methyl sites for hydroxylation is 1. The molecule has 3 aliphatic rings. The summed E-state index contributed by atoms with van der Waals surface area (Å²) in [5, 5.41) is 20.2. The number of benzene rings is 1. The van der Waals surface area contributed by atoms with E-state index in [0.717, 1.165) is 4.68 Å². The third kappa shape index (κ3) is 5.87. The number of hydrogen-bond acceptors (Lipinski definition) is 5. The molecule has 4 atom stereocenters. The van der Waals surface area contributed by atoms with Crippen molar-refractivity contribution in [3.05, 3.63) is 45.3 Å². The second kappa shape index (κ2) is 11.3. The highest BCUT2D eigenvalue weighted by atomic mass is 35.5. The van der Waals surface area contributed by atoms with E-state index in [4.69, 9.17) is 27.9 Å². The van der Waals surface area contributed by atoms with Crippen molar-refractivity contribution in [3.63, 3.8) is 0 Å². The van der Waals surface area contributed by atoms with Crippen LogP contribution in [-0.4, -0.2) is 57.5 Å². The topological polar surface area (TPSA) is 105 Å². The first-order valence-electron chi connectivity index (χ1n) is 13.4. The standard InChI is InChI=1S/C27H30Cl2F4N4O4/c1-37-17(10-20(36-37)41-11-19(31)32)25(40)34-16-8-13(9-18(16)38)24(39)35-23(21-15(30)3-2-14(28)22(21)29)26-4-6-27(33,12-26)7-5-26/h2-3,10,13,16,18-19,23,38H,4-9,11-12H2,1H3,(H,34,40)(H,35,39)/t13-,16-,18+,23+,26?,27?/m0/s1. The Morgan fingerprint density at radius 3 is 2.56 bits per heavy atom. The Kier molecular flexibility index (Phi) is 8.21. The molecular formula is C27H30Cl2F4N4O4. The Bertz CT molecular complexity index is 1330. The molecule has 1 aromatic heterocycles. The van der Waals surface area contributed by atoms with E-state index in [9.17, 15) is 23.5 Å². The van der Waals surface area contributed by atoms with Gasteiger partial charge < -0.3 is 20.5 Å². The average Bonchev–Trinajstić information content (AvgIpc) is 3.66. The molecule has 224 valence electrons. The molecule has 2 amide bonds. The summed E-state index contributed by atoms with van der Waals surface area (Å²) >= 11 is 12.6. The number of aliphatic hydroxyl groups excluding tert-OH is 1. The summed E-state index contributed by atoms with van der Waals surface area (Å²) in [7, 11) is 1.43. The molecule has 3 N–H and O–H groups in total. The normalized spacial score (nSPS) is 29.6. The maximum Gasteiger partial charge on any atom is 0.272 e. The van der Waals surface area contributed by atoms with Gasteiger partial charge in [0.15, 0.2) is 6.61 Å². The third-order valence-electron chi connectivity index (χ3n) is 8.74. The summed E-state index contributed by atoms with van der Waals surface area (Å²) < 4.78 is 61.3. The average molecular weight is 621 g/mol. The van der Waals surface area contributed by atoms with Gasteiger partial charge in [-0.15, -0.1) is 5.10 Å². The number of aromatic nitrogens is 2. The van der Waals surface area contributed by atoms with Crippen LogP contribution in [0.25, 0.3) is 0 Å². The summed E-state index contributed by atoms with van der Waals surface area (Å²) in [6, 6.07) is 1.94. The van der Waals surface area contributed by atoms with Gasteiger partial charge >= 0.3 is 0 Å². The molecule has 2 aromatic rings. The van der Waals surface area contributed by atoms with Gasteiger partial charge in [0.25, 0.3) is 12.3 Å². The first kappa shape index (κ1) is 29.9. The van der Waals surface area contributed by atoms with Crippen LogP contribution in [0.3, 0.4) is 0 Å². The van der Waals surface area contributed by atoms with Crippen LogP contribution in [0.4, 0.5) is 17.6 Å². The second-order valence-corrected chi connectivity index (χ2v) is 12.2. The predicted molar refractivity (Wildman–Crippen MR) is 141 cm³/mol. The minimum Gasteiger partial charge on any atom is -0.471 e. The second-order valence-electron chi connectivity index (χ2n) is 11.4. The van der Waals surface area contributed by atoms with E-state index in [1.807, 2.05) is 0 Å². The van der Waals surface area contributed by atoms with Crippen LogP contribution in [0, 0.1) is 17.2 Å². The molecule has 41 heavy (non-hydrogen) atoms. The minimum atomic E-state index is -2.71. The summed E-state index contributed by atoms with van der Waals surface area (Å²) in [5.41, 5.74) is -2.09. The van der Waals surface area contributed by atoms with Gasteiger partial charge in [-0.3, -0.25) is 14.3 Å². The number of ether oxygens (including phenoxy) is 1. The minimum absolute atomic E-state index is 0.0109. The van der Waals surface area contributed by atoms with Crippen molar-refractivity contribution in [2.45, 2.75) is 75.2 Å². The van der Waals surface area contributed by atoms with E-state index < -0.39 is 65.9 Å². The number of nitrogens with zero attached hydrogens (tertiary/aromatic N) is 2. The molecule has 0 radical (unpaired) electrons. The molecule has 0 unspecified atom stereocenters. The van der Waals surface area contributed by atoms with E-state index in [1.165, 1.54) is 25.2 Å². The van der Waals surface area contributed by atoms with Gasteiger partial charge in [-0.2, -0.15) is 0 Å². The number of hydrogen-bond donors (Lipinski definition) is 3. The molecule has 3 aliphatic carbocycles. The first-order valence-corrected chi connectivity index (χ1v) is 14.1. The fourth-order valence-corrected chi connectivity index (χ4v) is 7.10. The molecule has 3 fully saturated rings. The van der Waals surface area contributed by atoms with Crippen LogP contribution in [0.5, 0.6) is 5.88 Å². The van der Waals surface area contributed by atoms with E-state index in [0.29, 0.717) is 25.7 Å². The smallest absolute Gasteiger partial charge is 0.272 e. The predicted octanol–water partition coefficient (Wildman–Crippen LogP) is 4.91. The third-order valence-corrected chi connectivity index (χ3v) is 9.56. The summed E-state index contributed by atoms with van der Waals surface area (Å²) in [4.78, 5) is 26.4. The molecule has 0 aliphatic heterocycles. The van der Waals surface area contributed by atoms with Crippen molar-refractivity contribution >= 4 is 35.0 Å². The zero-order chi connectivity index (χ0) is 29.7. The lowest BCUT2D eigenvalue weighted by Crippen LogP contribution is -2.42. The molecule has 2 bridgehead atoms. The number of halogens is 6. The highest BCUT2D eigenvalue weighted by molar-refractivity contribution is 6.42. The van der Waals surface area contributed by atoms with Gasteiger partial charge in [0.1, 0.15) is 17.2 Å². The fourth-order valence-electron chi connectivity index (χ4n) is 6.67. The number of nitrogens with one attached hydrogen (secondary N) is 2. The van der Waals surface area contributed by atoms with Crippen LogP contribution in [0.2, 0.25) is 10.0 Å². The lowest BCUT2D eigenvalue weighted by Gasteiger charge is -2.38. The van der Waals surface area contributed by atoms with E-state index in [1.54, 1.807) is 0 Å². The number of amides is 2. The number of fused-ring (bicyclic) bond motifs is 2. The van der Waals surface area contributed by atoms with E-state index in [2.05, 4.69) is 15.7 Å². The molecule has 1 heterocycles. The van der Waals surface area contributed by atoms with Crippen molar-refractivity contribution in [3.8, 4) is 5.88 Å². The Morgan fingerprint density at radius 2 is 1.93 bits per heavy atom. The molecular weight excluding hydrogens is 591 g/mol. The van der Waals surface area contributed by atoms with Crippen molar-refractivity contribution < 1.29 is 37.0 Å². The van der Waals surface area contributed by atoms with Crippen LogP contribution in [-0.2, 0) is 11.8 Å². The fraction of sp³-hybridized carbons (Fsp3) is 0.593. The maximum atomic E-state index is 15.2. The quantitative estimate of drug-likeness (QED) is 0.273. The summed E-state index contributed by atoms with van der Waals surface area (Å²) in [5.74, 6) is -2.69. The zero-order valence-corrected chi connectivity index (χ0v) is 23.6. The summed E-state index contributed by atoms with van der Waals surface area (Å²) in [6.07, 6.45) is -2.04. The Morgan fingerprint density at radius 1 is 1.22 bits per heavy atom. The largest absolute Gasteiger partial charge is 0.471 e. The van der Waals surface area contributed by atoms with Crippen molar-refractivity contribution in [1.82, 2.24) is 20.4 Å². The number of aliphatic hydroxyl groups is 1. The number of alkyl halides is 3. The lowest BCUT2D eigenvalue weighted by atomic mass is 9.74. The van der Waals surface area contributed by atoms with Crippen molar-refractivity contribution in [2.24, 2.45) is 18.4 Å². The van der Waals surface area contributed by atoms with Crippen LogP contribution < -0.4 is 15.4 Å². The number of rotatable bonds is 9. The molecule has 3 saturated carbocycles. The lowest BCUT2D eigenvalue weighted by molar-refractivity contribution is -0.127. The molecule has 5 rings (SSSR count). The van der Waals surface area contributed by atoms with Crippen LogP contribution in [0.1, 0.15) is 67.0 Å². The van der Waals surface area contributed by atoms with Gasteiger partial charge in [0, 0.05) is 24.6 Å². The Balaban J connectivity index is 1.30. The van der Waals surface area contributed by atoms with Gasteiger partial charge in [-0.25, -0.2) is 17.6 Å². The molecule has 8 nitrogen and oxygen atoms in total. The van der Waals surface area contributed by atoms with E-state index in [-0.39, 0.29) is 46.4 Å². The summed E-state index contributed by atoms with van der Waals surface area (Å²) in [6.45, 7) is -0.880. The van der Waals surface area contributed by atoms with Crippen molar-refractivity contribution in [1.29, 1.82) is 0 Å². The molecule has 0 saturated heterocycles. The highest BCUT2D eigenvalue weighted by Gasteiger charge is 2.59. The molecule has 0 spiro atoms. The van der Waals surface area contributed by atoms with Crippen LogP contribution in [0.15, 0.2) is 18.2 Å². The monoisotopic (exact) mass is 620 g/mol. The zero-order valence-electron chi connectivity index (χ0n) is 22.1. The van der Waals surface area contributed by atoms with Gasteiger partial charge in [0.2, 0.25) is 11.8 Å². The Hall–Kier alpha value is -2.57. The highest BCUT2D eigenvalue weighted by Crippen LogP contribution is 2.64. The van der Waals surface area contributed by atoms with E-state index >= 15 is 8.78 Å². The molecule has 14 heteroatoms. The SMILES string of the molecule is Cn1nc(OCC(F)F)cc1C(=O)N[C@H]1C[C@H](C(=O)N[C@H](c2c(F)ccc(Cl)c2Cl)C23CCC(F)(CC2)C3)C[C@H]1O. The van der Waals surface area contributed by atoms with Gasteiger partial charge in [-0.05, 0) is 62.5 Å². The number of carbonyl (C=O) groups excluding carboxylic acids is 2. The Labute approximate surface area is 243 Å². The van der Waals surface area contributed by atoms with Crippen molar-refractivity contribution in [2.75, 3.05) is 6.61 Å². The van der Waals surface area contributed by atoms with Gasteiger partial charge in [0.05, 0.1) is 28.2 Å². The van der Waals surface area contributed by atoms with Crippen LogP contribution >= 0.6 is 23.2 Å². The molecule has 1 aromatic carbocycles. The number of carbonyl (C=O) groups is 2. The maximum absolute atomic E-state index is 15.2.